The summed E-state index contributed by atoms with van der Waals surface area (Å²) in [5.41, 5.74) is 2.96. The van der Waals surface area contributed by atoms with Crippen molar-refractivity contribution in [2.45, 2.75) is 36.3 Å². The number of nitrogens with zero attached hydrogens (tertiary/aromatic N) is 1. The average Bonchev–Trinajstić information content (AvgIpc) is 3.09. The molecule has 6 nitrogen and oxygen atoms in total. The summed E-state index contributed by atoms with van der Waals surface area (Å²) < 4.78 is 5.19. The van der Waals surface area contributed by atoms with Crippen molar-refractivity contribution in [3.05, 3.63) is 57.6 Å². The molecule has 0 saturated heterocycles. The molecule has 2 aromatic carbocycles. The summed E-state index contributed by atoms with van der Waals surface area (Å²) in [6.45, 7) is 1.82. The molecule has 0 radical (unpaired) electrons. The first-order valence-electron chi connectivity index (χ1n) is 8.39. The molecule has 0 heterocycles. The molecule has 3 rings (SSSR count). The molecule has 0 fully saturated rings. The van der Waals surface area contributed by atoms with Gasteiger partial charge in [0.1, 0.15) is 5.75 Å². The van der Waals surface area contributed by atoms with Crippen LogP contribution in [0.2, 0.25) is 0 Å². The van der Waals surface area contributed by atoms with Gasteiger partial charge in [-0.25, -0.2) is 0 Å². The number of thioether (sulfide) groups is 1. The molecule has 26 heavy (non-hydrogen) atoms. The van der Waals surface area contributed by atoms with Crippen molar-refractivity contribution in [2.75, 3.05) is 12.4 Å². The van der Waals surface area contributed by atoms with Gasteiger partial charge in [0.2, 0.25) is 5.91 Å². The fourth-order valence-electron chi connectivity index (χ4n) is 3.02. The van der Waals surface area contributed by atoms with Crippen molar-refractivity contribution in [3.63, 3.8) is 0 Å². The second-order valence-electron chi connectivity index (χ2n) is 6.18. The lowest BCUT2D eigenvalue weighted by Gasteiger charge is -2.14. The molecule has 0 spiro atoms. The van der Waals surface area contributed by atoms with Crippen LogP contribution in [0.15, 0.2) is 41.3 Å². The minimum atomic E-state index is -0.502. The number of nitro groups is 1. The lowest BCUT2D eigenvalue weighted by atomic mass is 10.1. The highest BCUT2D eigenvalue weighted by molar-refractivity contribution is 8.00. The van der Waals surface area contributed by atoms with Crippen molar-refractivity contribution in [1.29, 1.82) is 0 Å². The molecule has 0 aromatic heterocycles. The van der Waals surface area contributed by atoms with Crippen LogP contribution >= 0.6 is 11.8 Å². The van der Waals surface area contributed by atoms with E-state index in [2.05, 4.69) is 17.4 Å². The summed E-state index contributed by atoms with van der Waals surface area (Å²) in [6.07, 6.45) is 3.41. The summed E-state index contributed by atoms with van der Waals surface area (Å²) in [5, 5.41) is 13.3. The number of benzene rings is 2. The molecule has 0 aliphatic heterocycles. The van der Waals surface area contributed by atoms with Crippen LogP contribution in [-0.2, 0) is 17.6 Å². The van der Waals surface area contributed by atoms with Crippen LogP contribution in [-0.4, -0.2) is 23.2 Å². The maximum Gasteiger partial charge on any atom is 0.271 e. The predicted molar refractivity (Wildman–Crippen MR) is 102 cm³/mol. The summed E-state index contributed by atoms with van der Waals surface area (Å²) in [5.74, 6) is 0.160. The molecule has 0 unspecified atom stereocenters. The third kappa shape index (κ3) is 3.99. The monoisotopic (exact) mass is 372 g/mol. The Morgan fingerprint density at radius 3 is 2.73 bits per heavy atom. The highest BCUT2D eigenvalue weighted by atomic mass is 32.2. The van der Waals surface area contributed by atoms with Gasteiger partial charge in [-0.1, -0.05) is 6.07 Å². The van der Waals surface area contributed by atoms with Gasteiger partial charge in [-0.05, 0) is 55.5 Å². The molecule has 0 bridgehead atoms. The molecule has 1 aliphatic rings. The molecule has 2 aromatic rings. The fourth-order valence-corrected chi connectivity index (χ4v) is 3.95. The summed E-state index contributed by atoms with van der Waals surface area (Å²) in [6, 6.07) is 10.5. The minimum absolute atomic E-state index is 0.0972. The van der Waals surface area contributed by atoms with E-state index in [4.69, 9.17) is 4.74 Å². The highest BCUT2D eigenvalue weighted by Crippen LogP contribution is 2.32. The van der Waals surface area contributed by atoms with Crippen molar-refractivity contribution >= 4 is 29.0 Å². The zero-order valence-corrected chi connectivity index (χ0v) is 15.5. The number of amides is 1. The number of aryl methyl sites for hydroxylation is 2. The zero-order valence-electron chi connectivity index (χ0n) is 14.7. The summed E-state index contributed by atoms with van der Waals surface area (Å²) in [7, 11) is 1.46. The Morgan fingerprint density at radius 1 is 1.23 bits per heavy atom. The van der Waals surface area contributed by atoms with Crippen molar-refractivity contribution in [2.24, 2.45) is 0 Å². The first kappa shape index (κ1) is 18.3. The van der Waals surface area contributed by atoms with Crippen LogP contribution in [0.25, 0.3) is 0 Å². The first-order chi connectivity index (χ1) is 12.5. The van der Waals surface area contributed by atoms with Crippen LogP contribution in [0.5, 0.6) is 5.75 Å². The Bertz CT molecular complexity index is 853. The second kappa shape index (κ2) is 7.78. The van der Waals surface area contributed by atoms with Crippen molar-refractivity contribution in [3.8, 4) is 5.75 Å². The van der Waals surface area contributed by atoms with Crippen LogP contribution in [0.1, 0.15) is 24.5 Å². The summed E-state index contributed by atoms with van der Waals surface area (Å²) in [4.78, 5) is 24.0. The van der Waals surface area contributed by atoms with Gasteiger partial charge in [-0.15, -0.1) is 11.8 Å². The number of hydrogen-bond acceptors (Lipinski definition) is 5. The van der Waals surface area contributed by atoms with E-state index in [1.807, 2.05) is 13.0 Å². The number of fused-ring (bicyclic) bond motifs is 1. The Kier molecular flexibility index (Phi) is 5.46. The Labute approximate surface area is 156 Å². The average molecular weight is 372 g/mol. The number of nitro benzene ring substituents is 1. The maximum absolute atomic E-state index is 12.5. The third-order valence-corrected chi connectivity index (χ3v) is 5.50. The number of carbonyl (C=O) groups is 1. The Hall–Kier alpha value is -2.54. The van der Waals surface area contributed by atoms with Gasteiger partial charge in [0.15, 0.2) is 0 Å². The number of non-ortho nitro benzene ring substituents is 1. The number of nitrogens with one attached hydrogen (secondary N) is 1. The van der Waals surface area contributed by atoms with Crippen LogP contribution in [0.4, 0.5) is 11.4 Å². The molecular formula is C19H20N2O4S. The number of carbonyl (C=O) groups excluding carboxylic acids is 1. The number of anilines is 1. The van der Waals surface area contributed by atoms with E-state index in [0.717, 1.165) is 17.7 Å². The van der Waals surface area contributed by atoms with Crippen molar-refractivity contribution < 1.29 is 14.5 Å². The number of rotatable bonds is 6. The van der Waals surface area contributed by atoms with E-state index in [0.29, 0.717) is 11.4 Å². The normalized spacial score (nSPS) is 13.8. The third-order valence-electron chi connectivity index (χ3n) is 4.40. The molecule has 1 aliphatic carbocycles. The number of hydrogen-bond donors (Lipinski definition) is 1. The molecule has 1 atom stereocenters. The predicted octanol–water partition coefficient (Wildman–Crippen LogP) is 4.21. The molecule has 136 valence electrons. The second-order valence-corrected chi connectivity index (χ2v) is 7.59. The van der Waals surface area contributed by atoms with Gasteiger partial charge in [0.05, 0.1) is 23.0 Å². The van der Waals surface area contributed by atoms with E-state index in [-0.39, 0.29) is 16.8 Å². The van der Waals surface area contributed by atoms with E-state index in [1.54, 1.807) is 0 Å². The lowest BCUT2D eigenvalue weighted by Crippen LogP contribution is -2.22. The standard InChI is InChI=1S/C19H20N2O4S/c1-12(26-16-8-6-13-4-3-5-14(13)10-16)19(22)20-17-11-15(21(23)24)7-9-18(17)25-2/h6-12H,3-5H2,1-2H3,(H,20,22)/t12-/m1/s1. The van der Waals surface area contributed by atoms with Gasteiger partial charge >= 0.3 is 0 Å². The Balaban J connectivity index is 1.71. The smallest absolute Gasteiger partial charge is 0.271 e. The molecule has 1 N–H and O–H groups in total. The number of ether oxygens (including phenoxy) is 1. The number of methoxy groups -OCH3 is 1. The van der Waals surface area contributed by atoms with Gasteiger partial charge < -0.3 is 10.1 Å². The van der Waals surface area contributed by atoms with Crippen LogP contribution < -0.4 is 10.1 Å². The van der Waals surface area contributed by atoms with Crippen LogP contribution in [0.3, 0.4) is 0 Å². The SMILES string of the molecule is COc1ccc([N+](=O)[O-])cc1NC(=O)[C@@H](C)Sc1ccc2c(c1)CCC2. The van der Waals surface area contributed by atoms with E-state index in [1.165, 1.54) is 54.6 Å². The zero-order chi connectivity index (χ0) is 18.7. The summed E-state index contributed by atoms with van der Waals surface area (Å²) >= 11 is 1.47. The van der Waals surface area contributed by atoms with Gasteiger partial charge in [-0.3, -0.25) is 14.9 Å². The van der Waals surface area contributed by atoms with Crippen LogP contribution in [0, 0.1) is 10.1 Å². The quantitative estimate of drug-likeness (QED) is 0.467. The highest BCUT2D eigenvalue weighted by Gasteiger charge is 2.19. The fraction of sp³-hybridized carbons (Fsp3) is 0.316. The van der Waals surface area contributed by atoms with E-state index < -0.39 is 4.92 Å². The Morgan fingerprint density at radius 2 is 2.00 bits per heavy atom. The van der Waals surface area contributed by atoms with Crippen molar-refractivity contribution in [1.82, 2.24) is 0 Å². The van der Waals surface area contributed by atoms with E-state index >= 15 is 0 Å². The first-order valence-corrected chi connectivity index (χ1v) is 9.27. The molecule has 1 amide bonds. The maximum atomic E-state index is 12.5. The molecular weight excluding hydrogens is 352 g/mol. The van der Waals surface area contributed by atoms with Gasteiger partial charge in [-0.2, -0.15) is 0 Å². The minimum Gasteiger partial charge on any atom is -0.495 e. The van der Waals surface area contributed by atoms with Gasteiger partial charge in [0, 0.05) is 17.0 Å². The van der Waals surface area contributed by atoms with E-state index in [9.17, 15) is 14.9 Å². The molecule has 7 heteroatoms. The van der Waals surface area contributed by atoms with Gasteiger partial charge in [0.25, 0.3) is 5.69 Å². The molecule has 0 saturated carbocycles. The topological polar surface area (TPSA) is 81.5 Å². The largest absolute Gasteiger partial charge is 0.495 e. The lowest BCUT2D eigenvalue weighted by molar-refractivity contribution is -0.384.